The minimum Gasteiger partial charge on any atom is -0.353 e. The number of nitriles is 1. The fraction of sp³-hybridized carbons (Fsp3) is 0.391. The second kappa shape index (κ2) is 9.48. The van der Waals surface area contributed by atoms with Gasteiger partial charge >= 0.3 is 0 Å². The molecule has 2 amide bonds. The standard InChI is InChI=1S/C23H24BrN5O2/c24-20-3-1-18(2-4-20)22(30)28-9-6-19(7-10-28)23(31)29-13-11-27(12-14-29)21-15-17(16-25)5-8-26-21/h1-5,8,15,19H,6-7,9-14H2. The van der Waals surface area contributed by atoms with E-state index >= 15 is 0 Å². The molecule has 0 N–H and O–H groups in total. The van der Waals surface area contributed by atoms with Gasteiger partial charge in [-0.05, 0) is 49.2 Å². The lowest BCUT2D eigenvalue weighted by atomic mass is 9.94. The van der Waals surface area contributed by atoms with Crippen LogP contribution in [0.1, 0.15) is 28.8 Å². The van der Waals surface area contributed by atoms with Crippen LogP contribution in [0.5, 0.6) is 0 Å². The molecule has 8 heteroatoms. The maximum Gasteiger partial charge on any atom is 0.253 e. The van der Waals surface area contributed by atoms with Crippen LogP contribution in [0.2, 0.25) is 0 Å². The van der Waals surface area contributed by atoms with E-state index in [0.29, 0.717) is 63.2 Å². The molecule has 0 atom stereocenters. The Balaban J connectivity index is 1.28. The predicted molar refractivity (Wildman–Crippen MR) is 121 cm³/mol. The number of anilines is 1. The molecule has 4 rings (SSSR count). The summed E-state index contributed by atoms with van der Waals surface area (Å²) in [6.45, 7) is 3.92. The SMILES string of the molecule is N#Cc1ccnc(N2CCN(C(=O)C3CCN(C(=O)c4ccc(Br)cc4)CC3)CC2)c1. The zero-order chi connectivity index (χ0) is 21.8. The van der Waals surface area contributed by atoms with E-state index in [4.69, 9.17) is 5.26 Å². The summed E-state index contributed by atoms with van der Waals surface area (Å²) < 4.78 is 0.946. The van der Waals surface area contributed by atoms with Gasteiger partial charge in [0.25, 0.3) is 5.91 Å². The summed E-state index contributed by atoms with van der Waals surface area (Å²) >= 11 is 3.39. The zero-order valence-electron chi connectivity index (χ0n) is 17.2. The number of nitrogens with zero attached hydrogens (tertiary/aromatic N) is 5. The molecular weight excluding hydrogens is 458 g/mol. The Morgan fingerprint density at radius 3 is 2.29 bits per heavy atom. The highest BCUT2D eigenvalue weighted by Gasteiger charge is 2.32. The molecular formula is C23H24BrN5O2. The Morgan fingerprint density at radius 2 is 1.65 bits per heavy atom. The minimum atomic E-state index is -0.0273. The first-order chi connectivity index (χ1) is 15.0. The van der Waals surface area contributed by atoms with Crippen LogP contribution in [0, 0.1) is 17.2 Å². The van der Waals surface area contributed by atoms with Crippen LogP contribution in [-0.4, -0.2) is 65.9 Å². The molecule has 31 heavy (non-hydrogen) atoms. The van der Waals surface area contributed by atoms with Gasteiger partial charge in [-0.1, -0.05) is 15.9 Å². The van der Waals surface area contributed by atoms with Crippen molar-refractivity contribution in [2.24, 2.45) is 5.92 Å². The third kappa shape index (κ3) is 4.88. The Hall–Kier alpha value is -2.92. The highest BCUT2D eigenvalue weighted by Crippen LogP contribution is 2.23. The number of halogens is 1. The molecule has 0 spiro atoms. The van der Waals surface area contributed by atoms with Gasteiger partial charge in [0.2, 0.25) is 5.91 Å². The first-order valence-electron chi connectivity index (χ1n) is 10.5. The number of piperidine rings is 1. The lowest BCUT2D eigenvalue weighted by molar-refractivity contribution is -0.137. The first kappa shape index (κ1) is 21.3. The van der Waals surface area contributed by atoms with Gasteiger partial charge in [0, 0.05) is 61.4 Å². The van der Waals surface area contributed by atoms with Crippen molar-refractivity contribution in [2.45, 2.75) is 12.8 Å². The van der Waals surface area contributed by atoms with E-state index in [1.807, 2.05) is 34.1 Å². The van der Waals surface area contributed by atoms with Gasteiger partial charge in [0.15, 0.2) is 0 Å². The number of carbonyl (C=O) groups is 2. The highest BCUT2D eigenvalue weighted by atomic mass is 79.9. The number of pyridine rings is 1. The van der Waals surface area contributed by atoms with E-state index in [9.17, 15) is 9.59 Å². The molecule has 160 valence electrons. The third-order valence-corrected chi connectivity index (χ3v) is 6.54. The Kier molecular flexibility index (Phi) is 6.52. The predicted octanol–water partition coefficient (Wildman–Crippen LogP) is 2.92. The number of aromatic nitrogens is 1. The summed E-state index contributed by atoms with van der Waals surface area (Å²) in [5.74, 6) is 0.972. The summed E-state index contributed by atoms with van der Waals surface area (Å²) in [6.07, 6.45) is 3.05. The highest BCUT2D eigenvalue weighted by molar-refractivity contribution is 9.10. The van der Waals surface area contributed by atoms with E-state index < -0.39 is 0 Å². The summed E-state index contributed by atoms with van der Waals surface area (Å²) in [6, 6.07) is 13.0. The second-order valence-electron chi connectivity index (χ2n) is 7.90. The van der Waals surface area contributed by atoms with Gasteiger partial charge in [0.1, 0.15) is 5.82 Å². The molecule has 1 aromatic carbocycles. The van der Waals surface area contributed by atoms with Crippen molar-refractivity contribution in [1.29, 1.82) is 5.26 Å². The molecule has 2 saturated heterocycles. The molecule has 1 aromatic heterocycles. The molecule has 0 bridgehead atoms. The van der Waals surface area contributed by atoms with Crippen molar-refractivity contribution in [2.75, 3.05) is 44.2 Å². The quantitative estimate of drug-likeness (QED) is 0.672. The molecule has 2 aliphatic heterocycles. The van der Waals surface area contributed by atoms with Crippen molar-refractivity contribution in [1.82, 2.24) is 14.8 Å². The van der Waals surface area contributed by atoms with Crippen molar-refractivity contribution in [3.8, 4) is 6.07 Å². The van der Waals surface area contributed by atoms with Gasteiger partial charge in [-0.15, -0.1) is 0 Å². The lowest BCUT2D eigenvalue weighted by Gasteiger charge is -2.39. The van der Waals surface area contributed by atoms with Gasteiger partial charge in [-0.25, -0.2) is 4.98 Å². The Labute approximate surface area is 190 Å². The normalized spacial score (nSPS) is 17.4. The van der Waals surface area contributed by atoms with Crippen LogP contribution in [0.4, 0.5) is 5.82 Å². The monoisotopic (exact) mass is 481 g/mol. The topological polar surface area (TPSA) is 80.5 Å². The molecule has 0 aliphatic carbocycles. The average Bonchev–Trinajstić information content (AvgIpc) is 2.84. The molecule has 0 saturated carbocycles. The molecule has 0 radical (unpaired) electrons. The molecule has 2 fully saturated rings. The number of carbonyl (C=O) groups excluding carboxylic acids is 2. The number of amides is 2. The summed E-state index contributed by atoms with van der Waals surface area (Å²) in [5.41, 5.74) is 1.27. The van der Waals surface area contributed by atoms with Gasteiger partial charge in [-0.3, -0.25) is 9.59 Å². The van der Waals surface area contributed by atoms with Crippen molar-refractivity contribution in [3.05, 3.63) is 58.2 Å². The molecule has 2 aromatic rings. The van der Waals surface area contributed by atoms with Crippen LogP contribution in [0.25, 0.3) is 0 Å². The van der Waals surface area contributed by atoms with Crippen LogP contribution in [-0.2, 0) is 4.79 Å². The molecule has 7 nitrogen and oxygen atoms in total. The number of hydrogen-bond donors (Lipinski definition) is 0. The third-order valence-electron chi connectivity index (χ3n) is 6.01. The number of rotatable bonds is 3. The summed E-state index contributed by atoms with van der Waals surface area (Å²) in [4.78, 5) is 36.0. The molecule has 0 unspecified atom stereocenters. The smallest absolute Gasteiger partial charge is 0.253 e. The van der Waals surface area contributed by atoms with Crippen molar-refractivity contribution in [3.63, 3.8) is 0 Å². The first-order valence-corrected chi connectivity index (χ1v) is 11.3. The number of hydrogen-bond acceptors (Lipinski definition) is 5. The molecule has 2 aliphatic rings. The van der Waals surface area contributed by atoms with E-state index in [1.165, 1.54) is 0 Å². The lowest BCUT2D eigenvalue weighted by Crippen LogP contribution is -2.52. The minimum absolute atomic E-state index is 0.0270. The maximum atomic E-state index is 13.0. The van der Waals surface area contributed by atoms with Gasteiger partial charge < -0.3 is 14.7 Å². The number of benzene rings is 1. The fourth-order valence-corrected chi connectivity index (χ4v) is 4.44. The second-order valence-corrected chi connectivity index (χ2v) is 8.82. The largest absolute Gasteiger partial charge is 0.353 e. The number of likely N-dealkylation sites (tertiary alicyclic amines) is 1. The fourth-order valence-electron chi connectivity index (χ4n) is 4.18. The average molecular weight is 482 g/mol. The van der Waals surface area contributed by atoms with Crippen LogP contribution >= 0.6 is 15.9 Å². The van der Waals surface area contributed by atoms with E-state index in [1.54, 1.807) is 18.3 Å². The van der Waals surface area contributed by atoms with Crippen LogP contribution in [0.3, 0.4) is 0 Å². The van der Waals surface area contributed by atoms with Crippen LogP contribution in [0.15, 0.2) is 47.1 Å². The Morgan fingerprint density at radius 1 is 0.968 bits per heavy atom. The number of piperazine rings is 1. The van der Waals surface area contributed by atoms with Gasteiger partial charge in [-0.2, -0.15) is 5.26 Å². The van der Waals surface area contributed by atoms with Crippen LogP contribution < -0.4 is 4.90 Å². The maximum absolute atomic E-state index is 13.0. The summed E-state index contributed by atoms with van der Waals surface area (Å²) in [5, 5.41) is 9.07. The summed E-state index contributed by atoms with van der Waals surface area (Å²) in [7, 11) is 0. The van der Waals surface area contributed by atoms with E-state index in [0.717, 1.165) is 10.3 Å². The van der Waals surface area contributed by atoms with Crippen molar-refractivity contribution < 1.29 is 9.59 Å². The van der Waals surface area contributed by atoms with E-state index in [-0.39, 0.29) is 17.7 Å². The van der Waals surface area contributed by atoms with Gasteiger partial charge in [0.05, 0.1) is 11.6 Å². The zero-order valence-corrected chi connectivity index (χ0v) is 18.8. The Bertz CT molecular complexity index is 988. The molecule has 3 heterocycles. The van der Waals surface area contributed by atoms with Crippen molar-refractivity contribution >= 4 is 33.6 Å². The van der Waals surface area contributed by atoms with E-state index in [2.05, 4.69) is 31.9 Å².